The van der Waals surface area contributed by atoms with Gasteiger partial charge in [-0.15, -0.1) is 0 Å². The summed E-state index contributed by atoms with van der Waals surface area (Å²) in [7, 11) is 3.01. The first-order valence-electron chi connectivity index (χ1n) is 8.50. The SMILES string of the molecule is CCOCCN1CCN(Cc2cc(OC)c(OC)cc2[N+](=O)[O-])CC1. The average Bonchev–Trinajstić information content (AvgIpc) is 2.62. The lowest BCUT2D eigenvalue weighted by molar-refractivity contribution is -0.385. The minimum atomic E-state index is -0.365. The molecule has 0 aromatic heterocycles. The summed E-state index contributed by atoms with van der Waals surface area (Å²) < 4.78 is 15.8. The number of benzene rings is 1. The standard InChI is InChI=1S/C17H27N3O5/c1-4-25-10-9-18-5-7-19(8-6-18)13-14-11-16(23-2)17(24-3)12-15(14)20(21)22/h11-12H,4-10,13H2,1-3H3. The van der Waals surface area contributed by atoms with E-state index >= 15 is 0 Å². The van der Waals surface area contributed by atoms with Crippen molar-refractivity contribution in [3.8, 4) is 11.5 Å². The molecule has 1 saturated heterocycles. The number of nitro groups is 1. The highest BCUT2D eigenvalue weighted by Gasteiger charge is 2.23. The van der Waals surface area contributed by atoms with E-state index in [9.17, 15) is 10.1 Å². The summed E-state index contributed by atoms with van der Waals surface area (Å²) in [4.78, 5) is 15.6. The fraction of sp³-hybridized carbons (Fsp3) is 0.647. The van der Waals surface area contributed by atoms with E-state index in [4.69, 9.17) is 14.2 Å². The summed E-state index contributed by atoms with van der Waals surface area (Å²) in [6.45, 7) is 8.56. The normalized spacial score (nSPS) is 16.0. The van der Waals surface area contributed by atoms with Gasteiger partial charge in [0.15, 0.2) is 11.5 Å². The number of nitrogens with zero attached hydrogens (tertiary/aromatic N) is 3. The van der Waals surface area contributed by atoms with Gasteiger partial charge in [-0.1, -0.05) is 0 Å². The predicted octanol–water partition coefficient (Wildman–Crippen LogP) is 1.77. The van der Waals surface area contributed by atoms with Crippen LogP contribution in [0.1, 0.15) is 12.5 Å². The van der Waals surface area contributed by atoms with Crippen molar-refractivity contribution < 1.29 is 19.1 Å². The van der Waals surface area contributed by atoms with Crippen LogP contribution in [0.5, 0.6) is 11.5 Å². The monoisotopic (exact) mass is 353 g/mol. The van der Waals surface area contributed by atoms with Gasteiger partial charge in [-0.2, -0.15) is 0 Å². The minimum Gasteiger partial charge on any atom is -0.493 e. The molecule has 0 aliphatic carbocycles. The van der Waals surface area contributed by atoms with Gasteiger partial charge in [0.1, 0.15) is 0 Å². The Morgan fingerprint density at radius 3 is 2.24 bits per heavy atom. The van der Waals surface area contributed by atoms with Crippen molar-refractivity contribution in [2.24, 2.45) is 0 Å². The van der Waals surface area contributed by atoms with Crippen molar-refractivity contribution in [3.63, 3.8) is 0 Å². The molecule has 0 N–H and O–H groups in total. The van der Waals surface area contributed by atoms with E-state index in [0.717, 1.165) is 45.9 Å². The third-order valence-corrected chi connectivity index (χ3v) is 4.40. The molecule has 0 bridgehead atoms. The van der Waals surface area contributed by atoms with Crippen molar-refractivity contribution in [2.45, 2.75) is 13.5 Å². The van der Waals surface area contributed by atoms with Crippen molar-refractivity contribution in [1.82, 2.24) is 9.80 Å². The summed E-state index contributed by atoms with van der Waals surface area (Å²) in [5.41, 5.74) is 0.710. The topological polar surface area (TPSA) is 77.3 Å². The van der Waals surface area contributed by atoms with E-state index in [-0.39, 0.29) is 10.6 Å². The molecule has 8 nitrogen and oxygen atoms in total. The predicted molar refractivity (Wildman–Crippen MR) is 94.4 cm³/mol. The number of ether oxygens (including phenoxy) is 3. The van der Waals surface area contributed by atoms with Gasteiger partial charge < -0.3 is 14.2 Å². The molecule has 0 spiro atoms. The summed E-state index contributed by atoms with van der Waals surface area (Å²) >= 11 is 0. The van der Waals surface area contributed by atoms with Gasteiger partial charge in [0, 0.05) is 51.4 Å². The van der Waals surface area contributed by atoms with Crippen LogP contribution < -0.4 is 9.47 Å². The summed E-state index contributed by atoms with van der Waals surface area (Å²) in [5.74, 6) is 0.886. The van der Waals surface area contributed by atoms with Crippen molar-refractivity contribution in [1.29, 1.82) is 0 Å². The molecule has 1 aromatic rings. The van der Waals surface area contributed by atoms with Crippen molar-refractivity contribution in [3.05, 3.63) is 27.8 Å². The van der Waals surface area contributed by atoms with Crippen LogP contribution in [0, 0.1) is 10.1 Å². The Labute approximate surface area is 148 Å². The lowest BCUT2D eigenvalue weighted by Gasteiger charge is -2.34. The molecule has 0 atom stereocenters. The number of piperazine rings is 1. The minimum absolute atomic E-state index is 0.0661. The second kappa shape index (κ2) is 9.55. The molecule has 0 amide bonds. The first-order valence-corrected chi connectivity index (χ1v) is 8.50. The van der Waals surface area contributed by atoms with Crippen LogP contribution in [0.15, 0.2) is 12.1 Å². The fourth-order valence-electron chi connectivity index (χ4n) is 2.96. The summed E-state index contributed by atoms with van der Waals surface area (Å²) in [6, 6.07) is 3.14. The van der Waals surface area contributed by atoms with Gasteiger partial charge in [0.25, 0.3) is 5.69 Å². The molecule has 2 rings (SSSR count). The number of hydrogen-bond acceptors (Lipinski definition) is 7. The van der Waals surface area contributed by atoms with Crippen LogP contribution in [-0.4, -0.2) is 74.9 Å². The molecule has 8 heteroatoms. The lowest BCUT2D eigenvalue weighted by Crippen LogP contribution is -2.46. The zero-order chi connectivity index (χ0) is 18.2. The first kappa shape index (κ1) is 19.4. The Morgan fingerprint density at radius 1 is 1.08 bits per heavy atom. The lowest BCUT2D eigenvalue weighted by atomic mass is 10.1. The number of rotatable bonds is 9. The Hall–Kier alpha value is -1.90. The molecule has 1 aliphatic heterocycles. The molecule has 1 aromatic carbocycles. The van der Waals surface area contributed by atoms with E-state index in [1.807, 2.05) is 6.92 Å². The zero-order valence-electron chi connectivity index (χ0n) is 15.2. The van der Waals surface area contributed by atoms with Gasteiger partial charge in [-0.25, -0.2) is 0 Å². The largest absolute Gasteiger partial charge is 0.493 e. The molecule has 0 radical (unpaired) electrons. The van der Waals surface area contributed by atoms with Crippen LogP contribution in [0.25, 0.3) is 0 Å². The highest BCUT2D eigenvalue weighted by molar-refractivity contribution is 5.54. The molecule has 1 aliphatic rings. The van der Waals surface area contributed by atoms with E-state index in [1.54, 1.807) is 6.07 Å². The molecular weight excluding hydrogens is 326 g/mol. The smallest absolute Gasteiger partial charge is 0.277 e. The molecule has 0 unspecified atom stereocenters. The van der Waals surface area contributed by atoms with Crippen LogP contribution in [0.3, 0.4) is 0 Å². The number of hydrogen-bond donors (Lipinski definition) is 0. The van der Waals surface area contributed by atoms with E-state index in [0.29, 0.717) is 23.6 Å². The number of methoxy groups -OCH3 is 2. The molecule has 1 heterocycles. The van der Waals surface area contributed by atoms with Gasteiger partial charge in [0.2, 0.25) is 0 Å². The highest BCUT2D eigenvalue weighted by atomic mass is 16.6. The Balaban J connectivity index is 2.01. The Morgan fingerprint density at radius 2 is 1.68 bits per heavy atom. The Bertz CT molecular complexity index is 574. The molecular formula is C17H27N3O5. The van der Waals surface area contributed by atoms with Gasteiger partial charge >= 0.3 is 0 Å². The third-order valence-electron chi connectivity index (χ3n) is 4.40. The van der Waals surface area contributed by atoms with E-state index in [2.05, 4.69) is 9.80 Å². The number of nitro benzene ring substituents is 1. The van der Waals surface area contributed by atoms with Crippen LogP contribution in [-0.2, 0) is 11.3 Å². The maximum absolute atomic E-state index is 11.4. The van der Waals surface area contributed by atoms with E-state index < -0.39 is 0 Å². The average molecular weight is 353 g/mol. The molecule has 140 valence electrons. The fourth-order valence-corrected chi connectivity index (χ4v) is 2.96. The first-order chi connectivity index (χ1) is 12.1. The Kier molecular flexibility index (Phi) is 7.42. The summed E-state index contributed by atoms with van der Waals surface area (Å²) in [5, 5.41) is 11.4. The van der Waals surface area contributed by atoms with Crippen molar-refractivity contribution >= 4 is 5.69 Å². The maximum Gasteiger partial charge on any atom is 0.277 e. The quantitative estimate of drug-likeness (QED) is 0.380. The van der Waals surface area contributed by atoms with Crippen LogP contribution in [0.4, 0.5) is 5.69 Å². The maximum atomic E-state index is 11.4. The van der Waals surface area contributed by atoms with Crippen molar-refractivity contribution in [2.75, 3.05) is 60.2 Å². The highest BCUT2D eigenvalue weighted by Crippen LogP contribution is 2.35. The zero-order valence-corrected chi connectivity index (χ0v) is 15.2. The molecule has 0 saturated carbocycles. The van der Waals surface area contributed by atoms with Gasteiger partial charge in [-0.3, -0.25) is 19.9 Å². The molecule has 1 fully saturated rings. The summed E-state index contributed by atoms with van der Waals surface area (Å²) in [6.07, 6.45) is 0. The van der Waals surface area contributed by atoms with E-state index in [1.165, 1.54) is 20.3 Å². The molecule has 25 heavy (non-hydrogen) atoms. The van der Waals surface area contributed by atoms with Crippen LogP contribution >= 0.6 is 0 Å². The van der Waals surface area contributed by atoms with Gasteiger partial charge in [-0.05, 0) is 13.0 Å². The second-order valence-electron chi connectivity index (χ2n) is 5.91. The van der Waals surface area contributed by atoms with Crippen LogP contribution in [0.2, 0.25) is 0 Å². The van der Waals surface area contributed by atoms with Gasteiger partial charge in [0.05, 0.1) is 31.8 Å². The third kappa shape index (κ3) is 5.29. The second-order valence-corrected chi connectivity index (χ2v) is 5.91.